The summed E-state index contributed by atoms with van der Waals surface area (Å²) in [5, 5.41) is 3.09. The van der Waals surface area contributed by atoms with Gasteiger partial charge < -0.3 is 15.0 Å². The van der Waals surface area contributed by atoms with Crippen LogP contribution in [0.15, 0.2) is 48.5 Å². The van der Waals surface area contributed by atoms with Crippen LogP contribution in [-0.2, 0) is 16.6 Å². The molecule has 10 heteroatoms. The Hall–Kier alpha value is -2.49. The average Bonchev–Trinajstić information content (AvgIpc) is 2.85. The molecule has 0 atom stereocenters. The van der Waals surface area contributed by atoms with Crippen molar-refractivity contribution >= 4 is 34.1 Å². The summed E-state index contributed by atoms with van der Waals surface area (Å²) in [7, 11) is -3.30. The summed E-state index contributed by atoms with van der Waals surface area (Å²) in [4.78, 5) is 17.2. The van der Waals surface area contributed by atoms with Gasteiger partial charge in [0.15, 0.2) is 0 Å². The van der Waals surface area contributed by atoms with Gasteiger partial charge in [0.05, 0.1) is 6.26 Å². The van der Waals surface area contributed by atoms with E-state index in [-0.39, 0.29) is 18.4 Å². The molecule has 0 radical (unpaired) electrons. The number of nitrogens with one attached hydrogen (secondary N) is 2. The monoisotopic (exact) mass is 552 g/mol. The van der Waals surface area contributed by atoms with Gasteiger partial charge in [-0.05, 0) is 67.6 Å². The fourth-order valence-electron chi connectivity index (χ4n) is 4.42. The minimum atomic E-state index is -3.30. The molecule has 2 amide bonds. The number of likely N-dealkylation sites (tertiary alicyclic amines) is 1. The van der Waals surface area contributed by atoms with E-state index in [1.54, 1.807) is 24.3 Å². The lowest BCUT2D eigenvalue weighted by molar-refractivity contribution is 0.117. The van der Waals surface area contributed by atoms with Crippen molar-refractivity contribution in [1.82, 2.24) is 15.1 Å². The number of halogens is 1. The van der Waals surface area contributed by atoms with E-state index in [0.717, 1.165) is 76.8 Å². The first kappa shape index (κ1) is 30.7. The summed E-state index contributed by atoms with van der Waals surface area (Å²) in [6, 6.07) is 15.3. The summed E-state index contributed by atoms with van der Waals surface area (Å²) in [5.41, 5.74) is 1.72. The first-order chi connectivity index (χ1) is 17.3. The van der Waals surface area contributed by atoms with Crippen LogP contribution in [0.2, 0.25) is 0 Å². The Balaban J connectivity index is 0.00000481. The van der Waals surface area contributed by atoms with Gasteiger partial charge in [0.1, 0.15) is 11.5 Å². The summed E-state index contributed by atoms with van der Waals surface area (Å²) in [6.45, 7) is 8.63. The van der Waals surface area contributed by atoms with Crippen LogP contribution in [0.3, 0.4) is 0 Å². The highest BCUT2D eigenvalue weighted by Crippen LogP contribution is 2.25. The summed E-state index contributed by atoms with van der Waals surface area (Å²) in [5.74, 6) is 1.37. The topological polar surface area (TPSA) is 91.0 Å². The maximum absolute atomic E-state index is 12.7. The number of amides is 2. The highest BCUT2D eigenvalue weighted by atomic mass is 35.5. The molecule has 1 heterocycles. The highest BCUT2D eigenvalue weighted by molar-refractivity contribution is 7.92. The SMILES string of the molecule is CCCCNC(=O)N(CCC)C1CCN(Cc2ccc(Oc3ccc(NS(C)(=O)=O)cc3)cc2)CC1.Cl. The van der Waals surface area contributed by atoms with Crippen molar-refractivity contribution in [2.45, 2.75) is 58.5 Å². The van der Waals surface area contributed by atoms with Crippen molar-refractivity contribution < 1.29 is 17.9 Å². The Morgan fingerprint density at radius 2 is 1.59 bits per heavy atom. The van der Waals surface area contributed by atoms with Gasteiger partial charge in [-0.3, -0.25) is 9.62 Å². The second-order valence-corrected chi connectivity index (χ2v) is 11.2. The predicted octanol–water partition coefficient (Wildman–Crippen LogP) is 5.46. The molecular formula is C27H41ClN4O4S. The van der Waals surface area contributed by atoms with E-state index in [0.29, 0.717) is 17.5 Å². The van der Waals surface area contributed by atoms with E-state index in [9.17, 15) is 13.2 Å². The number of hydrogen-bond donors (Lipinski definition) is 2. The maximum atomic E-state index is 12.7. The van der Waals surface area contributed by atoms with Crippen molar-refractivity contribution in [2.75, 3.05) is 37.2 Å². The average molecular weight is 553 g/mol. The zero-order valence-electron chi connectivity index (χ0n) is 22.1. The van der Waals surface area contributed by atoms with Crippen LogP contribution in [0, 0.1) is 0 Å². The van der Waals surface area contributed by atoms with Gasteiger partial charge >= 0.3 is 6.03 Å². The molecule has 3 rings (SSSR count). The molecule has 1 aliphatic rings. The number of piperidine rings is 1. The number of carbonyl (C=O) groups is 1. The molecule has 2 N–H and O–H groups in total. The normalized spacial score (nSPS) is 14.5. The number of rotatable bonds is 12. The van der Waals surface area contributed by atoms with Crippen molar-refractivity contribution in [1.29, 1.82) is 0 Å². The Morgan fingerprint density at radius 1 is 1.00 bits per heavy atom. The number of anilines is 1. The zero-order valence-corrected chi connectivity index (χ0v) is 23.7. The summed E-state index contributed by atoms with van der Waals surface area (Å²) >= 11 is 0. The Morgan fingerprint density at radius 3 is 2.14 bits per heavy atom. The molecule has 0 unspecified atom stereocenters. The molecule has 1 fully saturated rings. The summed E-state index contributed by atoms with van der Waals surface area (Å²) in [6.07, 6.45) is 6.17. The minimum Gasteiger partial charge on any atom is -0.457 e. The Labute approximate surface area is 228 Å². The molecule has 0 saturated carbocycles. The highest BCUT2D eigenvalue weighted by Gasteiger charge is 2.27. The lowest BCUT2D eigenvalue weighted by Gasteiger charge is -2.38. The van der Waals surface area contributed by atoms with Gasteiger partial charge in [0, 0.05) is 44.5 Å². The van der Waals surface area contributed by atoms with Gasteiger partial charge in [-0.2, -0.15) is 0 Å². The number of carbonyl (C=O) groups excluding carboxylic acids is 1. The van der Waals surface area contributed by atoms with E-state index >= 15 is 0 Å². The van der Waals surface area contributed by atoms with Crippen molar-refractivity contribution in [3.8, 4) is 11.5 Å². The van der Waals surface area contributed by atoms with Crippen LogP contribution in [-0.4, -0.2) is 62.7 Å². The molecule has 37 heavy (non-hydrogen) atoms. The van der Waals surface area contributed by atoms with Gasteiger partial charge in [-0.25, -0.2) is 13.2 Å². The molecule has 0 aliphatic carbocycles. The second-order valence-electron chi connectivity index (χ2n) is 9.43. The van der Waals surface area contributed by atoms with E-state index in [2.05, 4.69) is 40.9 Å². The van der Waals surface area contributed by atoms with Gasteiger partial charge in [0.25, 0.3) is 0 Å². The van der Waals surface area contributed by atoms with Crippen LogP contribution in [0.4, 0.5) is 10.5 Å². The fourth-order valence-corrected chi connectivity index (χ4v) is 4.98. The van der Waals surface area contributed by atoms with E-state index < -0.39 is 10.0 Å². The van der Waals surface area contributed by atoms with Crippen LogP contribution in [0.25, 0.3) is 0 Å². The third-order valence-corrected chi connectivity index (χ3v) is 6.86. The zero-order chi connectivity index (χ0) is 26.0. The molecular weight excluding hydrogens is 512 g/mol. The van der Waals surface area contributed by atoms with Gasteiger partial charge in [-0.15, -0.1) is 12.4 Å². The standard InChI is InChI=1S/C27H40N4O4S.ClH/c1-4-6-17-28-27(32)31(18-5-2)24-15-19-30(20-16-24)21-22-7-11-25(12-8-22)35-26-13-9-23(10-14-26)29-36(3,33)34;/h7-14,24,29H,4-6,15-21H2,1-3H3,(H,28,32);1H. The number of nitrogens with zero attached hydrogens (tertiary/aromatic N) is 2. The number of hydrogen-bond acceptors (Lipinski definition) is 5. The van der Waals surface area contributed by atoms with E-state index in [4.69, 9.17) is 4.74 Å². The molecule has 0 aromatic heterocycles. The van der Waals surface area contributed by atoms with E-state index in [1.807, 2.05) is 17.0 Å². The van der Waals surface area contributed by atoms with Crippen LogP contribution >= 0.6 is 12.4 Å². The van der Waals surface area contributed by atoms with Crippen LogP contribution < -0.4 is 14.8 Å². The largest absolute Gasteiger partial charge is 0.457 e. The lowest BCUT2D eigenvalue weighted by atomic mass is 10.0. The maximum Gasteiger partial charge on any atom is 0.317 e. The molecule has 2 aromatic carbocycles. The number of unbranched alkanes of at least 4 members (excludes halogenated alkanes) is 1. The third-order valence-electron chi connectivity index (χ3n) is 6.25. The molecule has 1 aliphatic heterocycles. The van der Waals surface area contributed by atoms with Crippen molar-refractivity contribution in [2.24, 2.45) is 0 Å². The molecule has 2 aromatic rings. The quantitative estimate of drug-likeness (QED) is 0.341. The first-order valence-corrected chi connectivity index (χ1v) is 14.8. The molecule has 0 spiro atoms. The third kappa shape index (κ3) is 10.4. The molecule has 1 saturated heterocycles. The van der Waals surface area contributed by atoms with Crippen LogP contribution in [0.1, 0.15) is 51.5 Å². The Bertz CT molecular complexity index is 1060. The molecule has 0 bridgehead atoms. The van der Waals surface area contributed by atoms with Crippen molar-refractivity contribution in [3.63, 3.8) is 0 Å². The van der Waals surface area contributed by atoms with Gasteiger partial charge in [-0.1, -0.05) is 32.4 Å². The second kappa shape index (κ2) is 15.1. The first-order valence-electron chi connectivity index (χ1n) is 12.9. The van der Waals surface area contributed by atoms with Crippen LogP contribution in [0.5, 0.6) is 11.5 Å². The lowest BCUT2D eigenvalue weighted by Crippen LogP contribution is -2.51. The van der Waals surface area contributed by atoms with E-state index in [1.165, 1.54) is 5.56 Å². The number of benzene rings is 2. The van der Waals surface area contributed by atoms with Gasteiger partial charge in [0.2, 0.25) is 10.0 Å². The number of sulfonamides is 1. The Kier molecular flexibility index (Phi) is 12.5. The number of ether oxygens (including phenoxy) is 1. The molecule has 206 valence electrons. The predicted molar refractivity (Wildman–Crippen MR) is 152 cm³/mol. The fraction of sp³-hybridized carbons (Fsp3) is 0.519. The smallest absolute Gasteiger partial charge is 0.317 e. The summed E-state index contributed by atoms with van der Waals surface area (Å²) < 4.78 is 31.0. The van der Waals surface area contributed by atoms with Crippen molar-refractivity contribution in [3.05, 3.63) is 54.1 Å². The molecule has 8 nitrogen and oxygen atoms in total. The number of urea groups is 1. The minimum absolute atomic E-state index is 0.